The predicted molar refractivity (Wildman–Crippen MR) is 98.9 cm³/mol. The molecule has 10 nitrogen and oxygen atoms in total. The molecule has 0 aliphatic rings. The Balaban J connectivity index is 1.79. The van der Waals surface area contributed by atoms with Gasteiger partial charge in [-0.2, -0.15) is 5.10 Å². The number of H-pyrrole nitrogens is 1. The molecule has 0 amide bonds. The van der Waals surface area contributed by atoms with E-state index in [9.17, 15) is 10.1 Å². The zero-order valence-corrected chi connectivity index (χ0v) is 15.5. The van der Waals surface area contributed by atoms with E-state index in [0.29, 0.717) is 40.2 Å². The van der Waals surface area contributed by atoms with E-state index in [1.807, 2.05) is 0 Å². The van der Waals surface area contributed by atoms with Crippen molar-refractivity contribution in [3.8, 4) is 34.4 Å². The highest BCUT2D eigenvalue weighted by Crippen LogP contribution is 2.40. The Hall–Kier alpha value is -3.82. The molecule has 10 heteroatoms. The Morgan fingerprint density at radius 1 is 1.07 bits per heavy atom. The van der Waals surface area contributed by atoms with Crippen LogP contribution in [0.2, 0.25) is 0 Å². The van der Waals surface area contributed by atoms with E-state index in [0.717, 1.165) is 0 Å². The summed E-state index contributed by atoms with van der Waals surface area (Å²) in [5.74, 6) is 2.66. The fourth-order valence-corrected chi connectivity index (χ4v) is 2.54. The van der Waals surface area contributed by atoms with Gasteiger partial charge in [0.2, 0.25) is 5.75 Å². The van der Waals surface area contributed by atoms with Gasteiger partial charge in [-0.3, -0.25) is 15.2 Å². The van der Waals surface area contributed by atoms with Crippen molar-refractivity contribution in [2.24, 2.45) is 0 Å². The van der Waals surface area contributed by atoms with Gasteiger partial charge in [0, 0.05) is 11.6 Å². The number of nitro benzene ring substituents is 1. The van der Waals surface area contributed by atoms with Gasteiger partial charge in [-0.25, -0.2) is 4.98 Å². The number of nitro groups is 1. The minimum atomic E-state index is -0.482. The number of nitrogens with zero attached hydrogens (tertiary/aromatic N) is 3. The lowest BCUT2D eigenvalue weighted by molar-refractivity contribution is -0.384. The topological polar surface area (TPSA) is 122 Å². The molecule has 1 N–H and O–H groups in total. The van der Waals surface area contributed by atoms with Crippen molar-refractivity contribution in [1.82, 2.24) is 15.2 Å². The number of benzene rings is 2. The summed E-state index contributed by atoms with van der Waals surface area (Å²) in [6, 6.07) is 9.38. The van der Waals surface area contributed by atoms with Crippen LogP contribution in [0, 0.1) is 10.1 Å². The number of nitrogens with one attached hydrogen (secondary N) is 1. The van der Waals surface area contributed by atoms with Crippen molar-refractivity contribution in [3.63, 3.8) is 0 Å². The molecule has 0 atom stereocenters. The van der Waals surface area contributed by atoms with Crippen LogP contribution in [0.25, 0.3) is 11.4 Å². The average molecular weight is 386 g/mol. The van der Waals surface area contributed by atoms with Gasteiger partial charge < -0.3 is 18.9 Å². The van der Waals surface area contributed by atoms with Crippen molar-refractivity contribution in [3.05, 3.63) is 52.3 Å². The lowest BCUT2D eigenvalue weighted by Gasteiger charge is -2.12. The van der Waals surface area contributed by atoms with Crippen molar-refractivity contribution in [1.29, 1.82) is 0 Å². The molecule has 146 valence electrons. The van der Waals surface area contributed by atoms with E-state index in [-0.39, 0.29) is 12.3 Å². The summed E-state index contributed by atoms with van der Waals surface area (Å²) in [5.41, 5.74) is 0.612. The highest BCUT2D eigenvalue weighted by Gasteiger charge is 2.16. The molecule has 0 radical (unpaired) electrons. The molecule has 0 spiro atoms. The first-order valence-electron chi connectivity index (χ1n) is 8.14. The van der Waals surface area contributed by atoms with Crippen LogP contribution in [-0.2, 0) is 6.61 Å². The lowest BCUT2D eigenvalue weighted by Crippen LogP contribution is -1.98. The van der Waals surface area contributed by atoms with E-state index in [4.69, 9.17) is 18.9 Å². The molecule has 0 unspecified atom stereocenters. The molecule has 3 rings (SSSR count). The molecule has 0 bridgehead atoms. The number of hydrogen-bond donors (Lipinski definition) is 1. The molecular formula is C18H18N4O6. The fourth-order valence-electron chi connectivity index (χ4n) is 2.54. The zero-order valence-electron chi connectivity index (χ0n) is 15.5. The first kappa shape index (κ1) is 19.0. The minimum Gasteiger partial charge on any atom is -0.493 e. The Kier molecular flexibility index (Phi) is 5.58. The smallest absolute Gasteiger partial charge is 0.273 e. The third-order valence-electron chi connectivity index (χ3n) is 3.86. The number of ether oxygens (including phenoxy) is 4. The van der Waals surface area contributed by atoms with Gasteiger partial charge in [-0.15, -0.1) is 0 Å². The van der Waals surface area contributed by atoms with Crippen LogP contribution >= 0.6 is 0 Å². The summed E-state index contributed by atoms with van der Waals surface area (Å²) in [5, 5.41) is 17.8. The normalized spacial score (nSPS) is 10.4. The van der Waals surface area contributed by atoms with E-state index >= 15 is 0 Å². The summed E-state index contributed by atoms with van der Waals surface area (Å²) in [6.45, 7) is 0.0680. The van der Waals surface area contributed by atoms with Gasteiger partial charge in [0.1, 0.15) is 12.4 Å². The lowest BCUT2D eigenvalue weighted by atomic mass is 10.1. The van der Waals surface area contributed by atoms with Crippen LogP contribution in [-0.4, -0.2) is 41.4 Å². The first-order chi connectivity index (χ1) is 13.5. The monoisotopic (exact) mass is 386 g/mol. The molecule has 0 aliphatic heterocycles. The Morgan fingerprint density at radius 2 is 1.79 bits per heavy atom. The van der Waals surface area contributed by atoms with Gasteiger partial charge in [-0.1, -0.05) is 6.07 Å². The molecule has 0 fully saturated rings. The predicted octanol–water partition coefficient (Wildman–Crippen LogP) is 2.98. The highest BCUT2D eigenvalue weighted by molar-refractivity contribution is 5.66. The van der Waals surface area contributed by atoms with Crippen LogP contribution in [0.1, 0.15) is 5.82 Å². The maximum atomic E-state index is 10.8. The van der Waals surface area contributed by atoms with Gasteiger partial charge in [0.15, 0.2) is 23.1 Å². The van der Waals surface area contributed by atoms with Crippen LogP contribution in [0.3, 0.4) is 0 Å². The summed E-state index contributed by atoms with van der Waals surface area (Å²) in [6.07, 6.45) is 0. The molecular weight excluding hydrogens is 368 g/mol. The Morgan fingerprint density at radius 3 is 2.39 bits per heavy atom. The Labute approximate surface area is 160 Å². The van der Waals surface area contributed by atoms with Crippen molar-refractivity contribution >= 4 is 5.69 Å². The van der Waals surface area contributed by atoms with Gasteiger partial charge in [0.25, 0.3) is 5.69 Å². The maximum absolute atomic E-state index is 10.8. The number of non-ortho nitro benzene ring substituents is 1. The van der Waals surface area contributed by atoms with E-state index in [1.54, 1.807) is 24.3 Å². The quantitative estimate of drug-likeness (QED) is 0.463. The van der Waals surface area contributed by atoms with E-state index in [2.05, 4.69) is 15.2 Å². The molecule has 1 aromatic heterocycles. The van der Waals surface area contributed by atoms with E-state index in [1.165, 1.54) is 33.5 Å². The third kappa shape index (κ3) is 3.95. The average Bonchev–Trinajstić information content (AvgIpc) is 3.20. The SMILES string of the molecule is COc1cc(-c2n[nH]c(COc3cccc([N+](=O)[O-])c3)n2)cc(OC)c1OC. The summed E-state index contributed by atoms with van der Waals surface area (Å²) in [4.78, 5) is 14.7. The van der Waals surface area contributed by atoms with Crippen molar-refractivity contribution < 1.29 is 23.9 Å². The number of aromatic amines is 1. The van der Waals surface area contributed by atoms with Gasteiger partial charge >= 0.3 is 0 Å². The number of aromatic nitrogens is 3. The van der Waals surface area contributed by atoms with Crippen LogP contribution in [0.5, 0.6) is 23.0 Å². The van der Waals surface area contributed by atoms with Gasteiger partial charge in [-0.05, 0) is 18.2 Å². The molecule has 1 heterocycles. The summed E-state index contributed by atoms with van der Waals surface area (Å²) >= 11 is 0. The van der Waals surface area contributed by atoms with Crippen molar-refractivity contribution in [2.75, 3.05) is 21.3 Å². The number of methoxy groups -OCH3 is 3. The second-order valence-electron chi connectivity index (χ2n) is 5.56. The second kappa shape index (κ2) is 8.25. The zero-order chi connectivity index (χ0) is 20.1. The molecule has 2 aromatic carbocycles. The van der Waals surface area contributed by atoms with Crippen LogP contribution < -0.4 is 18.9 Å². The van der Waals surface area contributed by atoms with Crippen molar-refractivity contribution in [2.45, 2.75) is 6.61 Å². The standard InChI is InChI=1S/C18H18N4O6/c1-25-14-7-11(8-15(26-2)17(14)27-3)18-19-16(20-21-18)10-28-13-6-4-5-12(9-13)22(23)24/h4-9H,10H2,1-3H3,(H,19,20,21). The molecule has 0 saturated carbocycles. The minimum absolute atomic E-state index is 0.0480. The first-order valence-corrected chi connectivity index (χ1v) is 8.14. The van der Waals surface area contributed by atoms with Crippen LogP contribution in [0.4, 0.5) is 5.69 Å². The molecule has 0 saturated heterocycles. The molecule has 28 heavy (non-hydrogen) atoms. The van der Waals surface area contributed by atoms with E-state index < -0.39 is 4.92 Å². The highest BCUT2D eigenvalue weighted by atomic mass is 16.6. The second-order valence-corrected chi connectivity index (χ2v) is 5.56. The Bertz CT molecular complexity index is 963. The largest absolute Gasteiger partial charge is 0.493 e. The maximum Gasteiger partial charge on any atom is 0.273 e. The molecule has 0 aliphatic carbocycles. The fraction of sp³-hybridized carbons (Fsp3) is 0.222. The summed E-state index contributed by atoms with van der Waals surface area (Å²) in [7, 11) is 4.57. The van der Waals surface area contributed by atoms with Crippen LogP contribution in [0.15, 0.2) is 36.4 Å². The number of hydrogen-bond acceptors (Lipinski definition) is 8. The van der Waals surface area contributed by atoms with Gasteiger partial charge in [0.05, 0.1) is 32.3 Å². The number of rotatable bonds is 8. The molecule has 3 aromatic rings. The summed E-state index contributed by atoms with van der Waals surface area (Å²) < 4.78 is 21.5. The third-order valence-corrected chi connectivity index (χ3v) is 3.86.